The minimum atomic E-state index is -0.251. The second kappa shape index (κ2) is 19.4. The van der Waals surface area contributed by atoms with Crippen molar-refractivity contribution >= 4 is 96.0 Å². The molecule has 83 heavy (non-hydrogen) atoms. The fourth-order valence-corrected chi connectivity index (χ4v) is 13.1. The van der Waals surface area contributed by atoms with Crippen LogP contribution in [0.2, 0.25) is 0 Å². The molecule has 0 unspecified atom stereocenters. The van der Waals surface area contributed by atoms with Crippen molar-refractivity contribution in [3.63, 3.8) is 0 Å². The molecule has 4 nitrogen and oxygen atoms in total. The maximum absolute atomic E-state index is 6.83. The Labute approximate surface area is 487 Å². The van der Waals surface area contributed by atoms with E-state index in [4.69, 9.17) is 4.42 Å². The van der Waals surface area contributed by atoms with Gasteiger partial charge in [-0.3, -0.25) is 0 Å². The Morgan fingerprint density at radius 3 is 1.58 bits per heavy atom. The third-order valence-electron chi connectivity index (χ3n) is 17.3. The molecular formula is C78H62BN3O. The lowest BCUT2D eigenvalue weighted by Crippen LogP contribution is -2.61. The number of para-hydroxylation sites is 1. The molecule has 2 aliphatic heterocycles. The third-order valence-corrected chi connectivity index (χ3v) is 17.3. The number of rotatable bonds is 8. The number of fused-ring (bicyclic) bond motifs is 9. The van der Waals surface area contributed by atoms with Crippen LogP contribution in [-0.4, -0.2) is 6.85 Å². The topological polar surface area (TPSA) is 22.9 Å². The SMILES string of the molecule is CC(C)(C)c1ccc(N2B3c4ccc(N(c5cccc(-c6ccccc6)c5)c5cccc(-c6ccccc6)c5)cc4N(c4ccc(C(C)(C)C)cc4-c4ccccc4)c4cc5ccccc5c(c43)-c3cc4oc5ccccc5c4cc32)cc1. The molecule has 1 aromatic heterocycles. The average molecular weight is 1070 g/mol. The van der Waals surface area contributed by atoms with Gasteiger partial charge in [0, 0.05) is 61.7 Å². The Bertz CT molecular complexity index is 4570. The molecule has 0 amide bonds. The van der Waals surface area contributed by atoms with Gasteiger partial charge in [0.05, 0.1) is 5.69 Å². The molecule has 0 bridgehead atoms. The lowest BCUT2D eigenvalue weighted by atomic mass is 9.43. The molecule has 5 heteroatoms. The van der Waals surface area contributed by atoms with Crippen LogP contribution in [0.4, 0.5) is 45.5 Å². The summed E-state index contributed by atoms with van der Waals surface area (Å²) in [6.45, 7) is 13.6. The highest BCUT2D eigenvalue weighted by molar-refractivity contribution is 6.94. The average Bonchev–Trinajstić information content (AvgIpc) is 3.84. The summed E-state index contributed by atoms with van der Waals surface area (Å²) >= 11 is 0. The van der Waals surface area contributed by atoms with Gasteiger partial charge in [-0.15, -0.1) is 0 Å². The van der Waals surface area contributed by atoms with Gasteiger partial charge in [-0.25, -0.2) is 0 Å². The molecule has 0 spiro atoms. The van der Waals surface area contributed by atoms with Crippen LogP contribution in [0.1, 0.15) is 52.7 Å². The van der Waals surface area contributed by atoms with E-state index in [9.17, 15) is 0 Å². The zero-order valence-electron chi connectivity index (χ0n) is 47.7. The molecule has 0 saturated carbocycles. The van der Waals surface area contributed by atoms with E-state index in [0.717, 1.165) is 84.1 Å². The van der Waals surface area contributed by atoms with E-state index in [0.29, 0.717) is 0 Å². The van der Waals surface area contributed by atoms with E-state index in [2.05, 4.69) is 323 Å². The van der Waals surface area contributed by atoms with E-state index in [1.54, 1.807) is 0 Å². The van der Waals surface area contributed by atoms with Gasteiger partial charge in [0.15, 0.2) is 0 Å². The molecule has 0 atom stereocenters. The second-order valence-corrected chi connectivity index (χ2v) is 24.5. The molecule has 13 aromatic rings. The Hall–Kier alpha value is -9.84. The summed E-state index contributed by atoms with van der Waals surface area (Å²) in [5, 5.41) is 4.60. The summed E-state index contributed by atoms with van der Waals surface area (Å²) in [5.41, 5.74) is 24.8. The molecule has 0 N–H and O–H groups in total. The Morgan fingerprint density at radius 2 is 0.928 bits per heavy atom. The number of benzene rings is 12. The van der Waals surface area contributed by atoms with E-state index in [1.807, 2.05) is 0 Å². The molecule has 398 valence electrons. The number of hydrogen-bond acceptors (Lipinski definition) is 4. The van der Waals surface area contributed by atoms with Crippen LogP contribution >= 0.6 is 0 Å². The molecule has 0 saturated heterocycles. The molecule has 12 aromatic carbocycles. The molecule has 0 radical (unpaired) electrons. The Kier molecular flexibility index (Phi) is 11.7. The number of furan rings is 1. The van der Waals surface area contributed by atoms with Crippen LogP contribution in [0.3, 0.4) is 0 Å². The molecule has 2 aliphatic rings. The van der Waals surface area contributed by atoms with Crippen LogP contribution in [0.25, 0.3) is 77.2 Å². The van der Waals surface area contributed by atoms with Crippen molar-refractivity contribution in [1.29, 1.82) is 0 Å². The number of hydrogen-bond donors (Lipinski definition) is 0. The first-order valence-electron chi connectivity index (χ1n) is 29.1. The summed E-state index contributed by atoms with van der Waals surface area (Å²) in [6, 6.07) is 99.1. The molecule has 3 heterocycles. The zero-order chi connectivity index (χ0) is 56.1. The second-order valence-electron chi connectivity index (χ2n) is 24.5. The highest BCUT2D eigenvalue weighted by atomic mass is 16.3. The van der Waals surface area contributed by atoms with Crippen LogP contribution in [-0.2, 0) is 10.8 Å². The zero-order valence-corrected chi connectivity index (χ0v) is 47.7. The summed E-state index contributed by atoms with van der Waals surface area (Å²) in [7, 11) is 0. The van der Waals surface area contributed by atoms with Gasteiger partial charge in [0.2, 0.25) is 0 Å². The van der Waals surface area contributed by atoms with E-state index >= 15 is 0 Å². The maximum atomic E-state index is 6.83. The van der Waals surface area contributed by atoms with Crippen molar-refractivity contribution in [1.82, 2.24) is 0 Å². The van der Waals surface area contributed by atoms with Gasteiger partial charge < -0.3 is 19.0 Å². The van der Waals surface area contributed by atoms with Crippen molar-refractivity contribution in [3.8, 4) is 44.5 Å². The van der Waals surface area contributed by atoms with Crippen molar-refractivity contribution in [2.24, 2.45) is 0 Å². The normalized spacial score (nSPS) is 12.9. The van der Waals surface area contributed by atoms with E-state index < -0.39 is 0 Å². The Balaban J connectivity index is 1.06. The first-order chi connectivity index (χ1) is 40.4. The van der Waals surface area contributed by atoms with Crippen molar-refractivity contribution in [2.75, 3.05) is 14.6 Å². The summed E-state index contributed by atoms with van der Waals surface area (Å²) in [5.74, 6) is 0. The van der Waals surface area contributed by atoms with Crippen molar-refractivity contribution < 1.29 is 4.42 Å². The maximum Gasteiger partial charge on any atom is 0.333 e. The van der Waals surface area contributed by atoms with Crippen molar-refractivity contribution in [3.05, 3.63) is 278 Å². The number of nitrogens with zero attached hydrogens (tertiary/aromatic N) is 3. The Morgan fingerprint density at radius 1 is 0.361 bits per heavy atom. The molecular weight excluding hydrogens is 1010 g/mol. The predicted octanol–water partition coefficient (Wildman–Crippen LogP) is 20.5. The lowest BCUT2D eigenvalue weighted by molar-refractivity contribution is 0.590. The molecule has 0 aliphatic carbocycles. The summed E-state index contributed by atoms with van der Waals surface area (Å²) in [4.78, 5) is 7.71. The van der Waals surface area contributed by atoms with E-state index in [-0.39, 0.29) is 17.7 Å². The fourth-order valence-electron chi connectivity index (χ4n) is 13.1. The fraction of sp³-hybridized carbons (Fsp3) is 0.103. The van der Waals surface area contributed by atoms with Crippen LogP contribution < -0.4 is 25.5 Å². The van der Waals surface area contributed by atoms with Gasteiger partial charge in [-0.2, -0.15) is 0 Å². The van der Waals surface area contributed by atoms with Gasteiger partial charge in [-0.05, 0) is 162 Å². The monoisotopic (exact) mass is 1070 g/mol. The molecule has 15 rings (SSSR count). The predicted molar refractivity (Wildman–Crippen MR) is 353 cm³/mol. The quantitative estimate of drug-likeness (QED) is 0.141. The van der Waals surface area contributed by atoms with Gasteiger partial charge in [0.25, 0.3) is 0 Å². The molecule has 0 fully saturated rings. The number of anilines is 8. The highest BCUT2D eigenvalue weighted by Crippen LogP contribution is 2.53. The van der Waals surface area contributed by atoms with Crippen LogP contribution in [0, 0.1) is 0 Å². The standard InChI is InChI=1S/C78H62BN3O/c1-77(2,3)57-36-39-59(40-37-57)82-70-49-66-64-34-18-19-35-73(64)83-74(66)50-67(70)75-63-33-17-16-28-56(63)46-72-76(75)79(82)68-42-41-62(48-71(68)81(72)69-43-38-58(78(4,5)6)47-65(69)53-26-14-9-15-27-53)80(60-31-20-29-54(44-60)51-22-10-7-11-23-51)61-32-21-30-55(45-61)52-24-12-8-13-25-52/h7-50H,1-6H3. The highest BCUT2D eigenvalue weighted by Gasteiger charge is 2.47. The van der Waals surface area contributed by atoms with Crippen LogP contribution in [0.15, 0.2) is 271 Å². The smallest absolute Gasteiger partial charge is 0.333 e. The van der Waals surface area contributed by atoms with E-state index in [1.165, 1.54) is 60.6 Å². The lowest BCUT2D eigenvalue weighted by Gasteiger charge is -2.46. The third kappa shape index (κ3) is 8.52. The van der Waals surface area contributed by atoms with Crippen LogP contribution in [0.5, 0.6) is 0 Å². The summed E-state index contributed by atoms with van der Waals surface area (Å²) in [6.07, 6.45) is 0. The minimum Gasteiger partial charge on any atom is -0.456 e. The minimum absolute atomic E-state index is 0.0284. The van der Waals surface area contributed by atoms with Crippen molar-refractivity contribution in [2.45, 2.75) is 52.4 Å². The first kappa shape index (κ1) is 50.2. The first-order valence-corrected chi connectivity index (χ1v) is 29.1. The van der Waals surface area contributed by atoms with Gasteiger partial charge in [0.1, 0.15) is 11.2 Å². The largest absolute Gasteiger partial charge is 0.456 e. The summed E-state index contributed by atoms with van der Waals surface area (Å²) < 4.78 is 6.83. The van der Waals surface area contributed by atoms with Gasteiger partial charge >= 0.3 is 6.85 Å². The van der Waals surface area contributed by atoms with Gasteiger partial charge in [-0.1, -0.05) is 224 Å².